The van der Waals surface area contributed by atoms with E-state index in [1.165, 1.54) is 6.07 Å². The number of hydrogen-bond donors (Lipinski definition) is 1. The summed E-state index contributed by atoms with van der Waals surface area (Å²) in [6.07, 6.45) is 0.250. The molecule has 3 nitrogen and oxygen atoms in total. The van der Waals surface area contributed by atoms with Gasteiger partial charge in [-0.3, -0.25) is 4.68 Å². The summed E-state index contributed by atoms with van der Waals surface area (Å²) in [5.74, 6) is -0.378. The normalized spacial score (nSPS) is 12.7. The SMILES string of the molecule is CCc1nn(C)c(CC(O)c2cc(C)ccc2F)c1Br. The predicted molar refractivity (Wildman–Crippen MR) is 80.1 cm³/mol. The Morgan fingerprint density at radius 3 is 2.75 bits per heavy atom. The summed E-state index contributed by atoms with van der Waals surface area (Å²) in [6.45, 7) is 3.90. The third kappa shape index (κ3) is 2.94. The molecule has 1 aromatic carbocycles. The molecule has 0 aliphatic rings. The van der Waals surface area contributed by atoms with Gasteiger partial charge in [0.1, 0.15) is 5.82 Å². The third-order valence-electron chi connectivity index (χ3n) is 3.40. The van der Waals surface area contributed by atoms with Crippen LogP contribution >= 0.6 is 15.9 Å². The molecule has 5 heteroatoms. The average molecular weight is 341 g/mol. The number of aryl methyl sites for hydroxylation is 3. The highest BCUT2D eigenvalue weighted by Gasteiger charge is 2.19. The maximum absolute atomic E-state index is 13.8. The number of hydrogen-bond acceptors (Lipinski definition) is 2. The van der Waals surface area contributed by atoms with Gasteiger partial charge in [-0.25, -0.2) is 4.39 Å². The summed E-state index contributed by atoms with van der Waals surface area (Å²) < 4.78 is 16.4. The van der Waals surface area contributed by atoms with Gasteiger partial charge in [-0.2, -0.15) is 5.10 Å². The van der Waals surface area contributed by atoms with Crippen molar-refractivity contribution in [2.75, 3.05) is 0 Å². The Morgan fingerprint density at radius 2 is 2.15 bits per heavy atom. The number of benzene rings is 1. The van der Waals surface area contributed by atoms with E-state index >= 15 is 0 Å². The van der Waals surface area contributed by atoms with Gasteiger partial charge in [0.05, 0.1) is 22.0 Å². The Labute approximate surface area is 126 Å². The summed E-state index contributed by atoms with van der Waals surface area (Å²) in [6, 6.07) is 4.77. The zero-order valence-electron chi connectivity index (χ0n) is 11.8. The topological polar surface area (TPSA) is 38.0 Å². The molecule has 1 N–H and O–H groups in total. The van der Waals surface area contributed by atoms with E-state index in [0.29, 0.717) is 12.0 Å². The molecule has 2 aromatic rings. The van der Waals surface area contributed by atoms with Gasteiger partial charge in [0.25, 0.3) is 0 Å². The molecule has 0 aliphatic heterocycles. The van der Waals surface area contributed by atoms with Gasteiger partial charge in [0.2, 0.25) is 0 Å². The second-order valence-electron chi connectivity index (χ2n) is 4.93. The lowest BCUT2D eigenvalue weighted by molar-refractivity contribution is 0.170. The third-order valence-corrected chi connectivity index (χ3v) is 4.32. The van der Waals surface area contributed by atoms with Crippen LogP contribution in [0.5, 0.6) is 0 Å². The van der Waals surface area contributed by atoms with E-state index in [1.807, 2.05) is 20.9 Å². The van der Waals surface area contributed by atoms with Crippen LogP contribution in [-0.4, -0.2) is 14.9 Å². The van der Waals surface area contributed by atoms with Crippen LogP contribution in [0.3, 0.4) is 0 Å². The highest BCUT2D eigenvalue weighted by atomic mass is 79.9. The molecule has 1 heterocycles. The Bertz CT molecular complexity index is 625. The number of nitrogens with zero attached hydrogens (tertiary/aromatic N) is 2. The first kappa shape index (κ1) is 15.2. The van der Waals surface area contributed by atoms with E-state index in [2.05, 4.69) is 21.0 Å². The van der Waals surface area contributed by atoms with Crippen molar-refractivity contribution >= 4 is 15.9 Å². The summed E-state index contributed by atoms with van der Waals surface area (Å²) in [4.78, 5) is 0. The van der Waals surface area contributed by atoms with Crippen LogP contribution in [0.4, 0.5) is 4.39 Å². The monoisotopic (exact) mass is 340 g/mol. The molecule has 0 bridgehead atoms. The standard InChI is InChI=1S/C15H18BrFN2O/c1-4-12-15(16)13(19(3)18-12)8-14(20)10-7-9(2)5-6-11(10)17/h5-7,14,20H,4,8H2,1-3H3. The van der Waals surface area contributed by atoms with Crippen molar-refractivity contribution in [3.63, 3.8) is 0 Å². The van der Waals surface area contributed by atoms with E-state index in [1.54, 1.807) is 16.8 Å². The molecule has 0 radical (unpaired) electrons. The molecule has 0 spiro atoms. The number of rotatable bonds is 4. The van der Waals surface area contributed by atoms with Gasteiger partial charge in [-0.1, -0.05) is 24.6 Å². The first-order chi connectivity index (χ1) is 9.43. The summed E-state index contributed by atoms with van der Waals surface area (Å²) in [5.41, 5.74) is 3.07. The van der Waals surface area contributed by atoms with E-state index < -0.39 is 6.10 Å². The van der Waals surface area contributed by atoms with E-state index in [4.69, 9.17) is 0 Å². The average Bonchev–Trinajstić information content (AvgIpc) is 2.68. The quantitative estimate of drug-likeness (QED) is 0.925. The zero-order valence-corrected chi connectivity index (χ0v) is 13.4. The van der Waals surface area contributed by atoms with Crippen molar-refractivity contribution in [1.29, 1.82) is 0 Å². The molecule has 2 rings (SSSR count). The number of aromatic nitrogens is 2. The van der Waals surface area contributed by atoms with Gasteiger partial charge in [0.15, 0.2) is 0 Å². The van der Waals surface area contributed by atoms with Crippen LogP contribution in [0.15, 0.2) is 22.7 Å². The van der Waals surface area contributed by atoms with Gasteiger partial charge in [0, 0.05) is 19.0 Å². The summed E-state index contributed by atoms with van der Waals surface area (Å²) >= 11 is 3.51. The molecule has 1 atom stereocenters. The molecule has 1 aromatic heterocycles. The predicted octanol–water partition coefficient (Wildman–Crippen LogP) is 3.47. The van der Waals surface area contributed by atoms with Crippen molar-refractivity contribution in [3.05, 3.63) is 51.0 Å². The van der Waals surface area contributed by atoms with Crippen molar-refractivity contribution in [3.8, 4) is 0 Å². The van der Waals surface area contributed by atoms with Gasteiger partial charge in [-0.05, 0) is 35.3 Å². The summed E-state index contributed by atoms with van der Waals surface area (Å²) in [5, 5.41) is 14.7. The van der Waals surface area contributed by atoms with Crippen LogP contribution < -0.4 is 0 Å². The lowest BCUT2D eigenvalue weighted by atomic mass is 10.0. The number of halogens is 2. The van der Waals surface area contributed by atoms with E-state index in [-0.39, 0.29) is 5.82 Å². The second-order valence-corrected chi connectivity index (χ2v) is 5.72. The van der Waals surface area contributed by atoms with Crippen molar-refractivity contribution in [1.82, 2.24) is 9.78 Å². The fourth-order valence-corrected chi connectivity index (χ4v) is 3.03. The van der Waals surface area contributed by atoms with Crippen LogP contribution in [0.1, 0.15) is 35.5 Å². The minimum atomic E-state index is -0.883. The smallest absolute Gasteiger partial charge is 0.129 e. The molecule has 0 aliphatic carbocycles. The van der Waals surface area contributed by atoms with Gasteiger partial charge in [-0.15, -0.1) is 0 Å². The molecule has 108 valence electrons. The molecular weight excluding hydrogens is 323 g/mol. The van der Waals surface area contributed by atoms with Crippen LogP contribution in [0.25, 0.3) is 0 Å². The highest BCUT2D eigenvalue weighted by Crippen LogP contribution is 2.28. The molecule has 0 saturated carbocycles. The minimum absolute atomic E-state index is 0.324. The zero-order chi connectivity index (χ0) is 14.9. The van der Waals surface area contributed by atoms with E-state index in [0.717, 1.165) is 27.8 Å². The first-order valence-electron chi connectivity index (χ1n) is 6.58. The lowest BCUT2D eigenvalue weighted by Gasteiger charge is -2.13. The number of aliphatic hydroxyl groups is 1. The number of aliphatic hydroxyl groups excluding tert-OH is 1. The Hall–Kier alpha value is -1.20. The maximum atomic E-state index is 13.8. The Balaban J connectivity index is 2.30. The van der Waals surface area contributed by atoms with Crippen molar-refractivity contribution in [2.24, 2.45) is 7.05 Å². The molecule has 0 amide bonds. The maximum Gasteiger partial charge on any atom is 0.129 e. The lowest BCUT2D eigenvalue weighted by Crippen LogP contribution is -2.08. The molecular formula is C15H18BrFN2O. The molecule has 0 fully saturated rings. The van der Waals surface area contributed by atoms with Gasteiger partial charge < -0.3 is 5.11 Å². The van der Waals surface area contributed by atoms with Crippen molar-refractivity contribution in [2.45, 2.75) is 32.8 Å². The molecule has 1 unspecified atom stereocenters. The Morgan fingerprint density at radius 1 is 1.45 bits per heavy atom. The largest absolute Gasteiger partial charge is 0.388 e. The first-order valence-corrected chi connectivity index (χ1v) is 7.37. The van der Waals surface area contributed by atoms with Crippen LogP contribution in [0.2, 0.25) is 0 Å². The van der Waals surface area contributed by atoms with Crippen LogP contribution in [0, 0.1) is 12.7 Å². The fourth-order valence-electron chi connectivity index (χ4n) is 2.25. The molecule has 20 heavy (non-hydrogen) atoms. The van der Waals surface area contributed by atoms with E-state index in [9.17, 15) is 9.50 Å². The second kappa shape index (κ2) is 6.06. The molecule has 0 saturated heterocycles. The van der Waals surface area contributed by atoms with Crippen molar-refractivity contribution < 1.29 is 9.50 Å². The Kier molecular flexibility index (Phi) is 4.60. The summed E-state index contributed by atoms with van der Waals surface area (Å²) in [7, 11) is 1.83. The van der Waals surface area contributed by atoms with Gasteiger partial charge >= 0.3 is 0 Å². The minimum Gasteiger partial charge on any atom is -0.388 e. The van der Waals surface area contributed by atoms with Crippen LogP contribution in [-0.2, 0) is 19.9 Å². The highest BCUT2D eigenvalue weighted by molar-refractivity contribution is 9.10. The fraction of sp³-hybridized carbons (Fsp3) is 0.400.